The molecule has 1 atom stereocenters. The number of aliphatic hydroxyl groups is 2. The fourth-order valence-electron chi connectivity index (χ4n) is 2.22. The smallest absolute Gasteiger partial charge is 0.0897 e. The number of benzene rings is 1. The fourth-order valence-corrected chi connectivity index (χ4v) is 2.40. The third kappa shape index (κ3) is 3.59. The van der Waals surface area contributed by atoms with Crippen molar-refractivity contribution >= 4 is 17.3 Å². The zero-order valence-electron chi connectivity index (χ0n) is 10.3. The predicted octanol–water partition coefficient (Wildman–Crippen LogP) is 0.815. The van der Waals surface area contributed by atoms with Crippen LogP contribution in [-0.4, -0.2) is 60.5 Å². The molecule has 0 aromatic heterocycles. The largest absolute Gasteiger partial charge is 0.394 e. The van der Waals surface area contributed by atoms with Gasteiger partial charge in [-0.25, -0.2) is 0 Å². The Labute approximate surface area is 112 Å². The zero-order valence-corrected chi connectivity index (χ0v) is 11.1. The number of piperazine rings is 1. The molecule has 1 aliphatic heterocycles. The van der Waals surface area contributed by atoms with Gasteiger partial charge in [-0.15, -0.1) is 0 Å². The van der Waals surface area contributed by atoms with Crippen molar-refractivity contribution in [2.24, 2.45) is 0 Å². The lowest BCUT2D eigenvalue weighted by atomic mass is 10.2. The highest BCUT2D eigenvalue weighted by atomic mass is 35.5. The summed E-state index contributed by atoms with van der Waals surface area (Å²) in [7, 11) is 0. The third-order valence-corrected chi connectivity index (χ3v) is 3.46. The van der Waals surface area contributed by atoms with E-state index in [1.165, 1.54) is 0 Å². The van der Waals surface area contributed by atoms with Crippen LogP contribution in [0.1, 0.15) is 0 Å². The highest BCUT2D eigenvalue weighted by molar-refractivity contribution is 6.30. The first-order chi connectivity index (χ1) is 8.69. The molecular formula is C13H19ClN2O2. The van der Waals surface area contributed by atoms with Crippen molar-refractivity contribution < 1.29 is 10.2 Å². The van der Waals surface area contributed by atoms with Crippen LogP contribution in [0.4, 0.5) is 5.69 Å². The molecule has 2 N–H and O–H groups in total. The van der Waals surface area contributed by atoms with Gasteiger partial charge in [0.25, 0.3) is 0 Å². The minimum atomic E-state index is -0.636. The summed E-state index contributed by atoms with van der Waals surface area (Å²) in [6.07, 6.45) is -0.636. The van der Waals surface area contributed by atoms with E-state index in [1.807, 2.05) is 18.2 Å². The summed E-state index contributed by atoms with van der Waals surface area (Å²) >= 11 is 5.98. The van der Waals surface area contributed by atoms with Crippen molar-refractivity contribution in [3.63, 3.8) is 0 Å². The van der Waals surface area contributed by atoms with E-state index >= 15 is 0 Å². The van der Waals surface area contributed by atoms with Crippen LogP contribution in [0, 0.1) is 0 Å². The second-order valence-corrected chi connectivity index (χ2v) is 5.04. The molecule has 4 nitrogen and oxygen atoms in total. The first kappa shape index (κ1) is 13.6. The topological polar surface area (TPSA) is 46.9 Å². The van der Waals surface area contributed by atoms with E-state index in [0.717, 1.165) is 36.9 Å². The zero-order chi connectivity index (χ0) is 13.0. The molecule has 0 bridgehead atoms. The summed E-state index contributed by atoms with van der Waals surface area (Å²) in [4.78, 5) is 4.45. The van der Waals surface area contributed by atoms with Crippen molar-refractivity contribution in [2.45, 2.75) is 6.10 Å². The molecular weight excluding hydrogens is 252 g/mol. The minimum Gasteiger partial charge on any atom is -0.394 e. The van der Waals surface area contributed by atoms with E-state index in [4.69, 9.17) is 16.7 Å². The van der Waals surface area contributed by atoms with Gasteiger partial charge in [0, 0.05) is 43.4 Å². The quantitative estimate of drug-likeness (QED) is 0.850. The normalized spacial score (nSPS) is 18.9. The van der Waals surface area contributed by atoms with Crippen LogP contribution >= 0.6 is 11.6 Å². The van der Waals surface area contributed by atoms with E-state index in [0.29, 0.717) is 6.54 Å². The van der Waals surface area contributed by atoms with Gasteiger partial charge < -0.3 is 15.1 Å². The molecule has 0 spiro atoms. The minimum absolute atomic E-state index is 0.172. The number of halogens is 1. The molecule has 1 aromatic carbocycles. The Morgan fingerprint density at radius 1 is 1.22 bits per heavy atom. The van der Waals surface area contributed by atoms with Gasteiger partial charge in [-0.3, -0.25) is 4.90 Å². The summed E-state index contributed by atoms with van der Waals surface area (Å²) in [6, 6.07) is 7.86. The van der Waals surface area contributed by atoms with Crippen molar-refractivity contribution in [2.75, 3.05) is 44.2 Å². The van der Waals surface area contributed by atoms with Crippen LogP contribution < -0.4 is 4.90 Å². The van der Waals surface area contributed by atoms with Gasteiger partial charge >= 0.3 is 0 Å². The number of hydrogen-bond acceptors (Lipinski definition) is 4. The van der Waals surface area contributed by atoms with Crippen LogP contribution in [0.15, 0.2) is 24.3 Å². The molecule has 1 heterocycles. The number of anilines is 1. The molecule has 0 saturated carbocycles. The standard InChI is InChI=1S/C13H19ClN2O2/c14-11-2-1-3-12(8-11)16-6-4-15(5-7-16)9-13(18)10-17/h1-3,8,13,17-18H,4-7,9-10H2. The second-order valence-electron chi connectivity index (χ2n) is 4.60. The van der Waals surface area contributed by atoms with Crippen LogP contribution in [0.3, 0.4) is 0 Å². The van der Waals surface area contributed by atoms with Crippen molar-refractivity contribution in [1.82, 2.24) is 4.90 Å². The molecule has 0 aliphatic carbocycles. The second kappa shape index (κ2) is 6.38. The molecule has 1 aliphatic rings. The van der Waals surface area contributed by atoms with Crippen molar-refractivity contribution in [3.05, 3.63) is 29.3 Å². The van der Waals surface area contributed by atoms with Gasteiger partial charge in [0.05, 0.1) is 12.7 Å². The lowest BCUT2D eigenvalue weighted by molar-refractivity contribution is 0.0575. The highest BCUT2D eigenvalue weighted by Gasteiger charge is 2.19. The summed E-state index contributed by atoms with van der Waals surface area (Å²) in [6.45, 7) is 3.98. The Balaban J connectivity index is 1.87. The summed E-state index contributed by atoms with van der Waals surface area (Å²) in [5.41, 5.74) is 1.14. The average Bonchev–Trinajstić information content (AvgIpc) is 2.39. The summed E-state index contributed by atoms with van der Waals surface area (Å²) in [5.74, 6) is 0. The fraction of sp³-hybridized carbons (Fsp3) is 0.538. The highest BCUT2D eigenvalue weighted by Crippen LogP contribution is 2.20. The van der Waals surface area contributed by atoms with E-state index in [9.17, 15) is 5.11 Å². The molecule has 18 heavy (non-hydrogen) atoms. The number of aliphatic hydroxyl groups excluding tert-OH is 2. The number of nitrogens with zero attached hydrogens (tertiary/aromatic N) is 2. The van der Waals surface area contributed by atoms with Gasteiger partial charge in [0.15, 0.2) is 0 Å². The van der Waals surface area contributed by atoms with E-state index in [1.54, 1.807) is 0 Å². The molecule has 0 amide bonds. The molecule has 1 aromatic rings. The van der Waals surface area contributed by atoms with Gasteiger partial charge in [-0.2, -0.15) is 0 Å². The summed E-state index contributed by atoms with van der Waals surface area (Å²) < 4.78 is 0. The molecule has 0 radical (unpaired) electrons. The Morgan fingerprint density at radius 2 is 1.94 bits per heavy atom. The molecule has 5 heteroatoms. The van der Waals surface area contributed by atoms with Gasteiger partial charge in [-0.1, -0.05) is 17.7 Å². The van der Waals surface area contributed by atoms with E-state index in [-0.39, 0.29) is 6.61 Å². The maximum Gasteiger partial charge on any atom is 0.0897 e. The lowest BCUT2D eigenvalue weighted by Gasteiger charge is -2.36. The summed E-state index contributed by atoms with van der Waals surface area (Å²) in [5, 5.41) is 19.0. The number of β-amino-alcohol motifs (C(OH)–C–C–N with tert-alkyl or cyclic N) is 1. The van der Waals surface area contributed by atoms with Gasteiger partial charge in [-0.05, 0) is 18.2 Å². The monoisotopic (exact) mass is 270 g/mol. The molecule has 1 fully saturated rings. The molecule has 1 unspecified atom stereocenters. The Hall–Kier alpha value is -0.810. The molecule has 1 saturated heterocycles. The average molecular weight is 271 g/mol. The maximum atomic E-state index is 9.41. The lowest BCUT2D eigenvalue weighted by Crippen LogP contribution is -2.49. The van der Waals surface area contributed by atoms with Gasteiger partial charge in [0.1, 0.15) is 0 Å². The number of hydrogen-bond donors (Lipinski definition) is 2. The van der Waals surface area contributed by atoms with Crippen LogP contribution in [0.25, 0.3) is 0 Å². The molecule has 2 rings (SSSR count). The predicted molar refractivity (Wildman–Crippen MR) is 73.2 cm³/mol. The van der Waals surface area contributed by atoms with Crippen LogP contribution in [0.5, 0.6) is 0 Å². The SMILES string of the molecule is OCC(O)CN1CCN(c2cccc(Cl)c2)CC1. The number of rotatable bonds is 4. The van der Waals surface area contributed by atoms with Crippen molar-refractivity contribution in [1.29, 1.82) is 0 Å². The Bertz CT molecular complexity index is 381. The van der Waals surface area contributed by atoms with Crippen LogP contribution in [0.2, 0.25) is 5.02 Å². The molecule has 100 valence electrons. The first-order valence-electron chi connectivity index (χ1n) is 6.21. The van der Waals surface area contributed by atoms with Crippen LogP contribution in [-0.2, 0) is 0 Å². The Morgan fingerprint density at radius 3 is 2.56 bits per heavy atom. The van der Waals surface area contributed by atoms with E-state index in [2.05, 4.69) is 15.9 Å². The maximum absolute atomic E-state index is 9.41. The van der Waals surface area contributed by atoms with Gasteiger partial charge in [0.2, 0.25) is 0 Å². The van der Waals surface area contributed by atoms with Crippen molar-refractivity contribution in [3.8, 4) is 0 Å². The third-order valence-electron chi connectivity index (χ3n) is 3.23. The Kier molecular flexibility index (Phi) is 4.83. The van der Waals surface area contributed by atoms with E-state index < -0.39 is 6.10 Å². The first-order valence-corrected chi connectivity index (χ1v) is 6.58.